The van der Waals surface area contributed by atoms with Gasteiger partial charge in [0.15, 0.2) is 0 Å². The van der Waals surface area contributed by atoms with E-state index in [-0.39, 0.29) is 10.9 Å². The first-order chi connectivity index (χ1) is 4.84. The molecule has 0 radical (unpaired) electrons. The normalized spacial score (nSPS) is 20.7. The maximum absolute atomic E-state index is 9.95. The van der Waals surface area contributed by atoms with Crippen LogP contribution < -0.4 is 0 Å². The number of allylic oxidation sites excluding steroid dienone is 2. The second-order valence-corrected chi connectivity index (χ2v) is 4.46. The first-order valence-corrected chi connectivity index (χ1v) is 4.73. The van der Waals surface area contributed by atoms with Gasteiger partial charge in [-0.1, -0.05) is 19.1 Å². The third-order valence-electron chi connectivity index (χ3n) is 1.41. The van der Waals surface area contributed by atoms with Gasteiger partial charge in [-0.2, -0.15) is 0 Å². The Balaban J connectivity index is 2.56. The van der Waals surface area contributed by atoms with Crippen LogP contribution in [0.4, 0.5) is 0 Å². The minimum absolute atomic E-state index is 0.191. The molecule has 0 N–H and O–H groups in total. The van der Waals surface area contributed by atoms with Gasteiger partial charge in [-0.25, -0.2) is 15.7 Å². The Bertz CT molecular complexity index is 199. The molecule has 0 aromatic rings. The van der Waals surface area contributed by atoms with E-state index in [2.05, 4.69) is 10.8 Å². The van der Waals surface area contributed by atoms with Crippen molar-refractivity contribution in [1.82, 2.24) is 0 Å². The first kappa shape index (κ1) is 7.39. The van der Waals surface area contributed by atoms with Crippen LogP contribution in [0.5, 0.6) is 0 Å². The molecular weight excluding hydrogens is 144 g/mol. The highest BCUT2D eigenvalue weighted by Gasteiger charge is 2.05. The molecule has 0 aromatic carbocycles. The van der Waals surface area contributed by atoms with Gasteiger partial charge in [0.1, 0.15) is 5.94 Å². The molecule has 0 saturated heterocycles. The predicted molar refractivity (Wildman–Crippen MR) is 47.0 cm³/mol. The molecule has 2 heteroatoms. The molecule has 1 rings (SSSR count). The highest BCUT2D eigenvalue weighted by atomic mass is 32.2. The van der Waals surface area contributed by atoms with Crippen LogP contribution in [0.3, 0.4) is 0 Å². The van der Waals surface area contributed by atoms with Gasteiger partial charge in [-0.05, 0) is 10.8 Å². The minimum atomic E-state index is -0.191. The Labute approximate surface area is 63.5 Å². The minimum Gasteiger partial charge on any atom is -0.234 e. The zero-order valence-electron chi connectivity index (χ0n) is 5.82. The maximum Gasteiger partial charge on any atom is 0.121 e. The highest BCUT2D eigenvalue weighted by Crippen LogP contribution is 2.37. The monoisotopic (exact) mass is 154 g/mol. The van der Waals surface area contributed by atoms with Crippen LogP contribution in [-0.4, -0.2) is 11.2 Å². The predicted octanol–water partition coefficient (Wildman–Crippen LogP) is 1.80. The zero-order valence-corrected chi connectivity index (χ0v) is 6.71. The van der Waals surface area contributed by atoms with Crippen LogP contribution in [0.25, 0.3) is 0 Å². The van der Waals surface area contributed by atoms with E-state index in [1.54, 1.807) is 6.08 Å². The van der Waals surface area contributed by atoms with Crippen LogP contribution >= 0.6 is 10.9 Å². The lowest BCUT2D eigenvalue weighted by Gasteiger charge is -2.13. The zero-order chi connectivity index (χ0) is 7.40. The fourth-order valence-electron chi connectivity index (χ4n) is 0.804. The topological polar surface area (TPSA) is 17.1 Å². The van der Waals surface area contributed by atoms with E-state index in [1.165, 1.54) is 0 Å². The van der Waals surface area contributed by atoms with Crippen molar-refractivity contribution in [1.29, 1.82) is 0 Å². The molecule has 0 aromatic heterocycles. The molecule has 1 aliphatic rings. The Morgan fingerprint density at radius 2 is 2.10 bits per heavy atom. The molecule has 0 bridgehead atoms. The summed E-state index contributed by atoms with van der Waals surface area (Å²) in [5, 5.41) is 4.64. The van der Waals surface area contributed by atoms with E-state index in [4.69, 9.17) is 0 Å². The van der Waals surface area contributed by atoms with Crippen molar-refractivity contribution in [3.8, 4) is 0 Å². The van der Waals surface area contributed by atoms with Crippen LogP contribution in [0.15, 0.2) is 29.0 Å². The van der Waals surface area contributed by atoms with Crippen LogP contribution in [0, 0.1) is 0 Å². The van der Waals surface area contributed by atoms with Crippen molar-refractivity contribution in [3.63, 3.8) is 0 Å². The number of hydrogen-bond acceptors (Lipinski definition) is 1. The maximum atomic E-state index is 9.95. The number of rotatable bonds is 2. The molecule has 0 fully saturated rings. The highest BCUT2D eigenvalue weighted by molar-refractivity contribution is 8.22. The second kappa shape index (κ2) is 3.45. The van der Waals surface area contributed by atoms with Crippen LogP contribution in [0.2, 0.25) is 0 Å². The van der Waals surface area contributed by atoms with E-state index in [0.717, 1.165) is 0 Å². The summed E-state index contributed by atoms with van der Waals surface area (Å²) in [6.07, 6.45) is 5.65. The molecule has 1 atom stereocenters. The Hall–Kier alpha value is -0.720. The van der Waals surface area contributed by atoms with Gasteiger partial charge in [-0.15, -0.1) is 0 Å². The fourth-order valence-corrected chi connectivity index (χ4v) is 2.28. The third-order valence-corrected chi connectivity index (χ3v) is 3.53. The van der Waals surface area contributed by atoms with E-state index in [9.17, 15) is 4.79 Å². The van der Waals surface area contributed by atoms with Crippen LogP contribution in [0.1, 0.15) is 6.92 Å². The Morgan fingerprint density at radius 3 is 2.60 bits per heavy atom. The average Bonchev–Trinajstić information content (AvgIpc) is 2.38. The summed E-state index contributed by atoms with van der Waals surface area (Å²) in [6.45, 7) is 2.04. The van der Waals surface area contributed by atoms with Gasteiger partial charge in [0.05, 0.1) is 0 Å². The third kappa shape index (κ3) is 1.63. The Morgan fingerprint density at radius 1 is 1.50 bits per heavy atom. The van der Waals surface area contributed by atoms with Crippen molar-refractivity contribution in [2.75, 3.05) is 0 Å². The van der Waals surface area contributed by atoms with Gasteiger partial charge in [-0.3, -0.25) is 0 Å². The van der Waals surface area contributed by atoms with E-state index >= 15 is 0 Å². The summed E-state index contributed by atoms with van der Waals surface area (Å²) in [5.41, 5.74) is 0. The smallest absolute Gasteiger partial charge is 0.121 e. The van der Waals surface area contributed by atoms with Crippen molar-refractivity contribution in [2.24, 2.45) is 0 Å². The van der Waals surface area contributed by atoms with Gasteiger partial charge < -0.3 is 0 Å². The molecule has 1 unspecified atom stereocenters. The summed E-state index contributed by atoms with van der Waals surface area (Å²) in [4.78, 5) is 9.95. The largest absolute Gasteiger partial charge is 0.234 e. The summed E-state index contributed by atoms with van der Waals surface area (Å²) < 4.78 is 0. The lowest BCUT2D eigenvalue weighted by molar-refractivity contribution is 0.568. The molecule has 54 valence electrons. The fraction of sp³-hybridized carbons (Fsp3) is 0.250. The number of hydrogen-bond donors (Lipinski definition) is 1. The molecule has 0 amide bonds. The number of thiol groups is 1. The Kier molecular flexibility index (Phi) is 2.55. The SMILES string of the molecule is CC(C=C=O)[SH]1C=CC=C1. The molecule has 10 heavy (non-hydrogen) atoms. The summed E-state index contributed by atoms with van der Waals surface area (Å²) >= 11 is 0. The van der Waals surface area contributed by atoms with Gasteiger partial charge in [0.25, 0.3) is 0 Å². The molecule has 0 spiro atoms. The number of carbonyl (C=O) groups excluding carboxylic acids is 1. The van der Waals surface area contributed by atoms with Crippen molar-refractivity contribution < 1.29 is 4.79 Å². The molecule has 1 aliphatic heterocycles. The summed E-state index contributed by atoms with van der Waals surface area (Å²) in [5.74, 6) is 1.82. The van der Waals surface area contributed by atoms with Gasteiger partial charge >= 0.3 is 0 Å². The van der Waals surface area contributed by atoms with Gasteiger partial charge in [0, 0.05) is 11.3 Å². The quantitative estimate of drug-likeness (QED) is 0.474. The molecule has 1 nitrogen and oxygen atoms in total. The van der Waals surface area contributed by atoms with Crippen LogP contribution in [-0.2, 0) is 4.79 Å². The van der Waals surface area contributed by atoms with Gasteiger partial charge in [0.2, 0.25) is 0 Å². The molecule has 0 saturated carbocycles. The van der Waals surface area contributed by atoms with Crippen molar-refractivity contribution in [2.45, 2.75) is 12.2 Å². The van der Waals surface area contributed by atoms with Crippen molar-refractivity contribution >= 4 is 16.8 Å². The van der Waals surface area contributed by atoms with E-state index in [1.807, 2.05) is 25.0 Å². The lowest BCUT2D eigenvalue weighted by Crippen LogP contribution is -1.92. The average molecular weight is 154 g/mol. The second-order valence-electron chi connectivity index (χ2n) is 2.16. The molecule has 0 aliphatic carbocycles. The summed E-state index contributed by atoms with van der Waals surface area (Å²) in [6, 6.07) is 0. The van der Waals surface area contributed by atoms with E-state index < -0.39 is 0 Å². The molecular formula is C8H10OS. The first-order valence-electron chi connectivity index (χ1n) is 3.18. The standard InChI is InChI=1S/C8H10OS/c1-8(4-5-9)10-6-2-3-7-10/h2-4,6-8,10H,1H3. The summed E-state index contributed by atoms with van der Waals surface area (Å²) in [7, 11) is -0.191. The molecule has 1 heterocycles. The lowest BCUT2D eigenvalue weighted by atomic mass is 10.5. The van der Waals surface area contributed by atoms with Crippen molar-refractivity contribution in [3.05, 3.63) is 29.0 Å². The van der Waals surface area contributed by atoms with E-state index in [0.29, 0.717) is 5.25 Å².